The van der Waals surface area contributed by atoms with Crippen LogP contribution in [0.5, 0.6) is 0 Å². The first kappa shape index (κ1) is 19.4. The van der Waals surface area contributed by atoms with E-state index < -0.39 is 18.0 Å². The summed E-state index contributed by atoms with van der Waals surface area (Å²) in [5.74, 6) is -1.22. The number of rotatable bonds is 6. The van der Waals surface area contributed by atoms with Crippen LogP contribution >= 0.6 is 11.6 Å². The zero-order chi connectivity index (χ0) is 19.1. The van der Waals surface area contributed by atoms with E-state index in [1.54, 1.807) is 36.4 Å². The Morgan fingerprint density at radius 2 is 1.85 bits per heavy atom. The molecule has 0 fully saturated rings. The lowest BCUT2D eigenvalue weighted by molar-refractivity contribution is -0.152. The maximum absolute atomic E-state index is 12.1. The van der Waals surface area contributed by atoms with Crippen LogP contribution in [0.25, 0.3) is 0 Å². The van der Waals surface area contributed by atoms with Crippen molar-refractivity contribution >= 4 is 40.8 Å². The number of nitrogens with zero attached hydrogens (tertiary/aromatic N) is 1. The molecule has 1 atom stereocenters. The van der Waals surface area contributed by atoms with Gasteiger partial charge in [-0.25, -0.2) is 4.98 Å². The van der Waals surface area contributed by atoms with Gasteiger partial charge in [0.2, 0.25) is 5.91 Å². The Morgan fingerprint density at radius 3 is 2.46 bits per heavy atom. The molecule has 1 aromatic heterocycles. The monoisotopic (exact) mass is 375 g/mol. The molecular weight excluding hydrogens is 358 g/mol. The van der Waals surface area contributed by atoms with Gasteiger partial charge >= 0.3 is 5.97 Å². The number of halogens is 1. The number of aromatic nitrogens is 1. The predicted octanol–water partition coefficient (Wildman–Crippen LogP) is 2.81. The Morgan fingerprint density at radius 1 is 1.15 bits per heavy atom. The average molecular weight is 376 g/mol. The normalized spacial score (nSPS) is 11.3. The van der Waals surface area contributed by atoms with E-state index in [0.29, 0.717) is 16.9 Å². The van der Waals surface area contributed by atoms with E-state index in [2.05, 4.69) is 15.6 Å². The van der Waals surface area contributed by atoms with Crippen LogP contribution in [0.4, 0.5) is 11.4 Å². The van der Waals surface area contributed by atoms with Crippen LogP contribution in [-0.4, -0.2) is 28.9 Å². The quantitative estimate of drug-likeness (QED) is 0.597. The molecule has 7 nitrogen and oxygen atoms in total. The summed E-state index contributed by atoms with van der Waals surface area (Å²) in [6, 6.07) is 10.00. The minimum atomic E-state index is -0.988. The molecule has 0 spiro atoms. The van der Waals surface area contributed by atoms with Crippen LogP contribution in [0.3, 0.4) is 0 Å². The molecular formula is C18H18ClN3O4. The molecule has 2 amide bonds. The van der Waals surface area contributed by atoms with E-state index >= 15 is 0 Å². The van der Waals surface area contributed by atoms with Crippen LogP contribution in [0.1, 0.15) is 19.4 Å². The van der Waals surface area contributed by atoms with Crippen molar-refractivity contribution in [1.29, 1.82) is 0 Å². The van der Waals surface area contributed by atoms with Crippen molar-refractivity contribution < 1.29 is 19.1 Å². The van der Waals surface area contributed by atoms with Crippen LogP contribution in [-0.2, 0) is 25.5 Å². The fourth-order valence-corrected chi connectivity index (χ4v) is 2.25. The molecule has 1 aromatic carbocycles. The van der Waals surface area contributed by atoms with E-state index in [1.165, 1.54) is 20.0 Å². The highest BCUT2D eigenvalue weighted by Gasteiger charge is 2.19. The molecule has 1 heterocycles. The molecule has 0 unspecified atom stereocenters. The zero-order valence-electron chi connectivity index (χ0n) is 14.3. The van der Waals surface area contributed by atoms with Gasteiger partial charge in [-0.15, -0.1) is 0 Å². The maximum atomic E-state index is 12.1. The Balaban J connectivity index is 1.87. The summed E-state index contributed by atoms with van der Waals surface area (Å²) in [6.07, 6.45) is 0.516. The molecule has 136 valence electrons. The molecule has 2 aromatic rings. The summed E-state index contributed by atoms with van der Waals surface area (Å²) >= 11 is 5.87. The number of nitrogens with one attached hydrogen (secondary N) is 2. The highest BCUT2D eigenvalue weighted by molar-refractivity contribution is 6.32. The van der Waals surface area contributed by atoms with Crippen molar-refractivity contribution in [3.8, 4) is 0 Å². The number of hydrogen-bond acceptors (Lipinski definition) is 5. The molecule has 0 saturated carbocycles. The number of benzene rings is 1. The number of carbonyl (C=O) groups is 3. The third kappa shape index (κ3) is 5.86. The molecule has 2 N–H and O–H groups in total. The molecule has 0 saturated heterocycles. The second-order valence-corrected chi connectivity index (χ2v) is 5.88. The van der Waals surface area contributed by atoms with E-state index in [4.69, 9.17) is 16.3 Å². The number of ether oxygens (including phenoxy) is 1. The molecule has 2 rings (SSSR count). The number of esters is 1. The third-order valence-corrected chi connectivity index (χ3v) is 3.62. The van der Waals surface area contributed by atoms with Crippen LogP contribution in [0, 0.1) is 0 Å². The van der Waals surface area contributed by atoms with Gasteiger partial charge in [0.1, 0.15) is 0 Å². The lowest BCUT2D eigenvalue weighted by atomic mass is 10.1. The summed E-state index contributed by atoms with van der Waals surface area (Å²) in [6.45, 7) is 2.88. The standard InChI is InChI=1S/C18H18ClN3O4/c1-11(18(25)22-15-4-3-9-20-17(15)19)26-16(24)10-13-5-7-14(8-6-13)21-12(2)23/h3-9,11H,10H2,1-2H3,(H,21,23)(H,22,25)/t11-/m1/s1. The fourth-order valence-electron chi connectivity index (χ4n) is 2.08. The fraction of sp³-hybridized carbons (Fsp3) is 0.222. The molecule has 0 aliphatic carbocycles. The number of carbonyl (C=O) groups excluding carboxylic acids is 3. The van der Waals surface area contributed by atoms with Gasteiger partial charge < -0.3 is 15.4 Å². The second-order valence-electron chi connectivity index (χ2n) is 5.52. The summed E-state index contributed by atoms with van der Waals surface area (Å²) in [5, 5.41) is 5.34. The summed E-state index contributed by atoms with van der Waals surface area (Å²) in [7, 11) is 0. The van der Waals surface area contributed by atoms with E-state index in [-0.39, 0.29) is 17.5 Å². The Hall–Kier alpha value is -2.93. The molecule has 26 heavy (non-hydrogen) atoms. The molecule has 0 bridgehead atoms. The Bertz CT molecular complexity index is 808. The third-order valence-electron chi connectivity index (χ3n) is 3.32. The first-order chi connectivity index (χ1) is 12.3. The van der Waals surface area contributed by atoms with Gasteiger partial charge in [-0.1, -0.05) is 23.7 Å². The van der Waals surface area contributed by atoms with Crippen molar-refractivity contribution in [2.24, 2.45) is 0 Å². The molecule has 0 aliphatic heterocycles. The Kier molecular flexibility index (Phi) is 6.68. The minimum Gasteiger partial charge on any atom is -0.452 e. The predicted molar refractivity (Wildman–Crippen MR) is 97.9 cm³/mol. The van der Waals surface area contributed by atoms with Gasteiger partial charge in [0.05, 0.1) is 12.1 Å². The van der Waals surface area contributed by atoms with Crippen molar-refractivity contribution in [2.75, 3.05) is 10.6 Å². The number of hydrogen-bond donors (Lipinski definition) is 2. The van der Waals surface area contributed by atoms with Crippen molar-refractivity contribution in [2.45, 2.75) is 26.4 Å². The molecule has 0 radical (unpaired) electrons. The Labute approximate surface area is 155 Å². The largest absolute Gasteiger partial charge is 0.452 e. The zero-order valence-corrected chi connectivity index (χ0v) is 15.0. The van der Waals surface area contributed by atoms with E-state index in [0.717, 1.165) is 0 Å². The maximum Gasteiger partial charge on any atom is 0.311 e. The highest BCUT2D eigenvalue weighted by Crippen LogP contribution is 2.18. The first-order valence-electron chi connectivity index (χ1n) is 7.82. The van der Waals surface area contributed by atoms with E-state index in [1.807, 2.05) is 0 Å². The number of pyridine rings is 1. The average Bonchev–Trinajstić information content (AvgIpc) is 2.58. The van der Waals surface area contributed by atoms with E-state index in [9.17, 15) is 14.4 Å². The molecule has 0 aliphatic rings. The first-order valence-corrected chi connectivity index (χ1v) is 8.20. The smallest absolute Gasteiger partial charge is 0.311 e. The van der Waals surface area contributed by atoms with Gasteiger partial charge in [0.15, 0.2) is 11.3 Å². The van der Waals surface area contributed by atoms with Crippen molar-refractivity contribution in [3.05, 3.63) is 53.3 Å². The van der Waals surface area contributed by atoms with Crippen molar-refractivity contribution in [1.82, 2.24) is 4.98 Å². The number of anilines is 2. The van der Waals surface area contributed by atoms with Crippen LogP contribution in [0.2, 0.25) is 5.15 Å². The van der Waals surface area contributed by atoms with Gasteiger partial charge in [0, 0.05) is 18.8 Å². The van der Waals surface area contributed by atoms with Gasteiger partial charge in [-0.05, 0) is 36.8 Å². The van der Waals surface area contributed by atoms with Crippen molar-refractivity contribution in [3.63, 3.8) is 0 Å². The van der Waals surface area contributed by atoms with Gasteiger partial charge in [-0.2, -0.15) is 0 Å². The minimum absolute atomic E-state index is 0.00558. The van der Waals surface area contributed by atoms with Crippen LogP contribution < -0.4 is 10.6 Å². The topological polar surface area (TPSA) is 97.4 Å². The van der Waals surface area contributed by atoms with Gasteiger partial charge in [0.25, 0.3) is 5.91 Å². The highest BCUT2D eigenvalue weighted by atomic mass is 35.5. The lowest BCUT2D eigenvalue weighted by Crippen LogP contribution is -2.30. The van der Waals surface area contributed by atoms with Crippen LogP contribution in [0.15, 0.2) is 42.6 Å². The number of amides is 2. The SMILES string of the molecule is CC(=O)Nc1ccc(CC(=O)O[C@H](C)C(=O)Nc2cccnc2Cl)cc1. The van der Waals surface area contributed by atoms with Gasteiger partial charge in [-0.3, -0.25) is 14.4 Å². The molecule has 8 heteroatoms. The second kappa shape index (κ2) is 8.96. The summed E-state index contributed by atoms with van der Waals surface area (Å²) in [4.78, 5) is 38.9. The summed E-state index contributed by atoms with van der Waals surface area (Å²) in [5.41, 5.74) is 1.68. The summed E-state index contributed by atoms with van der Waals surface area (Å²) < 4.78 is 5.14. The lowest BCUT2D eigenvalue weighted by Gasteiger charge is -2.14.